The number of hydrogen-bond acceptors (Lipinski definition) is 8. The lowest BCUT2D eigenvalue weighted by Crippen LogP contribution is -2.28. The van der Waals surface area contributed by atoms with Crippen molar-refractivity contribution in [2.24, 2.45) is 15.3 Å². The standard InChI is InChI=1S/C19H12Cl2N4O7S2/c20-12-8-17(33(27,28)29)13(21)7-16(12)25-19(26)15(9-22-25)24-23-14-6-5-10-3-1-2-4-11(10)18(14)34(30,31)32/h1-9,15H,(H,27,28,29)(H,30,31,32). The Morgan fingerprint density at radius 3 is 2.32 bits per heavy atom. The zero-order valence-corrected chi connectivity index (χ0v) is 19.7. The number of nitrogens with zero attached hydrogens (tertiary/aromatic N) is 4. The predicted molar refractivity (Wildman–Crippen MR) is 124 cm³/mol. The molecule has 1 amide bonds. The molecule has 0 saturated carbocycles. The number of halogens is 2. The predicted octanol–water partition coefficient (Wildman–Crippen LogP) is 4.12. The Hall–Kier alpha value is -2.94. The fourth-order valence-corrected chi connectivity index (χ4v) is 5.39. The molecule has 176 valence electrons. The van der Waals surface area contributed by atoms with Crippen molar-refractivity contribution in [3.63, 3.8) is 0 Å². The van der Waals surface area contributed by atoms with E-state index in [0.29, 0.717) is 5.39 Å². The Balaban J connectivity index is 1.67. The summed E-state index contributed by atoms with van der Waals surface area (Å²) >= 11 is 11.9. The Morgan fingerprint density at radius 1 is 0.941 bits per heavy atom. The number of hydrogen-bond donors (Lipinski definition) is 2. The van der Waals surface area contributed by atoms with Gasteiger partial charge >= 0.3 is 0 Å². The Bertz CT molecular complexity index is 1620. The third kappa shape index (κ3) is 4.53. The molecular formula is C19H12Cl2N4O7S2. The molecule has 1 heterocycles. The van der Waals surface area contributed by atoms with Gasteiger partial charge in [-0.25, -0.2) is 0 Å². The number of rotatable bonds is 5. The molecule has 11 nitrogen and oxygen atoms in total. The first-order valence-electron chi connectivity index (χ1n) is 9.12. The van der Waals surface area contributed by atoms with Crippen LogP contribution in [0.15, 0.2) is 73.7 Å². The molecule has 0 aromatic heterocycles. The summed E-state index contributed by atoms with van der Waals surface area (Å²) in [5.74, 6) is -0.754. The van der Waals surface area contributed by atoms with Crippen LogP contribution in [-0.2, 0) is 25.0 Å². The van der Waals surface area contributed by atoms with Crippen LogP contribution in [0.5, 0.6) is 0 Å². The van der Waals surface area contributed by atoms with E-state index in [4.69, 9.17) is 23.2 Å². The van der Waals surface area contributed by atoms with Crippen LogP contribution in [0.2, 0.25) is 10.0 Å². The van der Waals surface area contributed by atoms with Gasteiger partial charge in [-0.2, -0.15) is 37.2 Å². The van der Waals surface area contributed by atoms with Crippen LogP contribution in [-0.4, -0.2) is 44.1 Å². The fraction of sp³-hybridized carbons (Fsp3) is 0.0526. The number of anilines is 1. The van der Waals surface area contributed by atoms with E-state index in [0.717, 1.165) is 23.4 Å². The highest BCUT2D eigenvalue weighted by molar-refractivity contribution is 7.86. The highest BCUT2D eigenvalue weighted by Crippen LogP contribution is 2.36. The third-order valence-corrected chi connectivity index (χ3v) is 7.27. The van der Waals surface area contributed by atoms with Gasteiger partial charge in [0.25, 0.3) is 26.1 Å². The summed E-state index contributed by atoms with van der Waals surface area (Å²) in [4.78, 5) is 11.7. The van der Waals surface area contributed by atoms with Crippen LogP contribution < -0.4 is 5.01 Å². The van der Waals surface area contributed by atoms with Crippen molar-refractivity contribution in [3.8, 4) is 0 Å². The average molecular weight is 543 g/mol. The quantitative estimate of drug-likeness (QED) is 0.361. The summed E-state index contributed by atoms with van der Waals surface area (Å²) in [5, 5.41) is 12.5. The van der Waals surface area contributed by atoms with Crippen LogP contribution in [0.1, 0.15) is 0 Å². The van der Waals surface area contributed by atoms with Gasteiger partial charge in [0, 0.05) is 5.39 Å². The number of fused-ring (bicyclic) bond motifs is 1. The van der Waals surface area contributed by atoms with Crippen molar-refractivity contribution in [3.05, 3.63) is 58.6 Å². The molecule has 4 rings (SSSR count). The van der Waals surface area contributed by atoms with E-state index in [2.05, 4.69) is 15.3 Å². The van der Waals surface area contributed by atoms with Gasteiger partial charge in [0.1, 0.15) is 15.5 Å². The average Bonchev–Trinajstić information content (AvgIpc) is 3.11. The smallest absolute Gasteiger partial charge is 0.282 e. The van der Waals surface area contributed by atoms with E-state index in [1.165, 1.54) is 12.1 Å². The molecule has 2 N–H and O–H groups in total. The van der Waals surface area contributed by atoms with Crippen LogP contribution in [0.25, 0.3) is 10.8 Å². The maximum atomic E-state index is 12.8. The SMILES string of the molecule is O=C1C(N=Nc2ccc3ccccc3c2S(=O)(=O)O)C=NN1c1cc(Cl)c(S(=O)(=O)O)cc1Cl. The van der Waals surface area contributed by atoms with Crippen molar-refractivity contribution in [2.45, 2.75) is 15.8 Å². The molecule has 0 bridgehead atoms. The summed E-state index contributed by atoms with van der Waals surface area (Å²) < 4.78 is 65.7. The summed E-state index contributed by atoms with van der Waals surface area (Å²) in [6.07, 6.45) is 1.10. The summed E-state index contributed by atoms with van der Waals surface area (Å²) in [7, 11) is -9.34. The molecule has 3 aromatic carbocycles. The minimum atomic E-state index is -4.68. The topological polar surface area (TPSA) is 166 Å². The molecule has 15 heteroatoms. The van der Waals surface area contributed by atoms with Gasteiger partial charge in [0.2, 0.25) is 0 Å². The number of azo groups is 1. The third-order valence-electron chi connectivity index (χ3n) is 4.70. The van der Waals surface area contributed by atoms with Crippen LogP contribution in [0, 0.1) is 0 Å². The van der Waals surface area contributed by atoms with Crippen molar-refractivity contribution in [1.82, 2.24) is 0 Å². The number of benzene rings is 3. The lowest BCUT2D eigenvalue weighted by molar-refractivity contribution is -0.117. The van der Waals surface area contributed by atoms with Crippen molar-refractivity contribution in [2.75, 3.05) is 5.01 Å². The van der Waals surface area contributed by atoms with Crippen LogP contribution in [0.3, 0.4) is 0 Å². The Labute approximate surface area is 202 Å². The second kappa shape index (κ2) is 8.69. The van der Waals surface area contributed by atoms with E-state index in [1.54, 1.807) is 24.3 Å². The molecule has 3 aromatic rings. The van der Waals surface area contributed by atoms with Gasteiger partial charge in [-0.15, -0.1) is 0 Å². The van der Waals surface area contributed by atoms with Gasteiger partial charge in [-0.1, -0.05) is 53.5 Å². The molecule has 34 heavy (non-hydrogen) atoms. The van der Waals surface area contributed by atoms with Gasteiger partial charge in [0.15, 0.2) is 6.04 Å². The fourth-order valence-electron chi connectivity index (χ4n) is 3.22. The Kier molecular flexibility index (Phi) is 6.18. The number of amides is 1. The first-order valence-corrected chi connectivity index (χ1v) is 12.8. The van der Waals surface area contributed by atoms with E-state index >= 15 is 0 Å². The normalized spacial score (nSPS) is 16.8. The molecule has 0 aliphatic carbocycles. The van der Waals surface area contributed by atoms with Gasteiger partial charge in [0.05, 0.1) is 21.9 Å². The van der Waals surface area contributed by atoms with Gasteiger partial charge < -0.3 is 0 Å². The molecule has 1 atom stereocenters. The highest BCUT2D eigenvalue weighted by atomic mass is 35.5. The maximum Gasteiger partial charge on any atom is 0.297 e. The second-order valence-electron chi connectivity index (χ2n) is 6.89. The molecule has 0 saturated heterocycles. The molecule has 0 fully saturated rings. The lowest BCUT2D eigenvalue weighted by atomic mass is 10.1. The van der Waals surface area contributed by atoms with E-state index in [-0.39, 0.29) is 21.8 Å². The zero-order chi connectivity index (χ0) is 24.8. The van der Waals surface area contributed by atoms with E-state index in [9.17, 15) is 30.7 Å². The number of carbonyl (C=O) groups is 1. The monoisotopic (exact) mass is 542 g/mol. The van der Waals surface area contributed by atoms with Crippen molar-refractivity contribution >= 4 is 77.7 Å². The molecule has 1 aliphatic rings. The van der Waals surface area contributed by atoms with E-state index < -0.39 is 47.0 Å². The summed E-state index contributed by atoms with van der Waals surface area (Å²) in [6, 6.07) is 9.94. The highest BCUT2D eigenvalue weighted by Gasteiger charge is 2.32. The second-order valence-corrected chi connectivity index (χ2v) is 10.5. The molecule has 0 radical (unpaired) electrons. The lowest BCUT2D eigenvalue weighted by Gasteiger charge is -2.15. The summed E-state index contributed by atoms with van der Waals surface area (Å²) in [5.41, 5.74) is -0.276. The minimum Gasteiger partial charge on any atom is -0.282 e. The number of hydrazone groups is 1. The first-order chi connectivity index (χ1) is 15.9. The van der Waals surface area contributed by atoms with Gasteiger partial charge in [-0.3, -0.25) is 13.9 Å². The van der Waals surface area contributed by atoms with E-state index in [1.807, 2.05) is 0 Å². The first kappa shape index (κ1) is 24.2. The number of carbonyl (C=O) groups excluding carboxylic acids is 1. The van der Waals surface area contributed by atoms with Crippen molar-refractivity contribution in [1.29, 1.82) is 0 Å². The largest absolute Gasteiger partial charge is 0.297 e. The Morgan fingerprint density at radius 2 is 1.65 bits per heavy atom. The van der Waals surface area contributed by atoms with Crippen LogP contribution in [0.4, 0.5) is 11.4 Å². The molecule has 1 aliphatic heterocycles. The maximum absolute atomic E-state index is 12.8. The summed E-state index contributed by atoms with van der Waals surface area (Å²) in [6.45, 7) is 0. The minimum absolute atomic E-state index is 0.0812. The van der Waals surface area contributed by atoms with Crippen LogP contribution >= 0.6 is 23.2 Å². The van der Waals surface area contributed by atoms with Gasteiger partial charge in [-0.05, 0) is 23.6 Å². The zero-order valence-electron chi connectivity index (χ0n) is 16.6. The molecule has 0 spiro atoms. The van der Waals surface area contributed by atoms with Crippen molar-refractivity contribution < 1.29 is 30.7 Å². The molecule has 1 unspecified atom stereocenters. The molecular weight excluding hydrogens is 531 g/mol.